The van der Waals surface area contributed by atoms with Crippen molar-refractivity contribution in [1.82, 2.24) is 5.32 Å². The number of aromatic hydroxyl groups is 1. The van der Waals surface area contributed by atoms with Crippen molar-refractivity contribution >= 4 is 41.8 Å². The molecule has 3 aromatic carbocycles. The zero-order chi connectivity index (χ0) is 25.1. The summed E-state index contributed by atoms with van der Waals surface area (Å²) < 4.78 is 29.1. The number of hydrogen-bond donors (Lipinski definition) is 5. The SMILES string of the molecule is CC(=O)N[C@@H](Cc1ccc(O)cc1)C(=O)O.O=[As](O)(O)c1ccc(N=Nc2ccccc2)cc1. The first kappa shape index (κ1) is 26.5. The summed E-state index contributed by atoms with van der Waals surface area (Å²) in [7, 11) is 0. The molecule has 0 aromatic heterocycles. The minimum absolute atomic E-state index is 0.0341. The van der Waals surface area contributed by atoms with Crippen molar-refractivity contribution in [2.24, 2.45) is 10.2 Å². The summed E-state index contributed by atoms with van der Waals surface area (Å²) in [5.74, 6) is -1.34. The fourth-order valence-electron chi connectivity index (χ4n) is 2.64. The fraction of sp³-hybridized carbons (Fsp3) is 0.130. The Morgan fingerprint density at radius 2 is 1.41 bits per heavy atom. The van der Waals surface area contributed by atoms with Crippen LogP contribution in [-0.4, -0.2) is 50.5 Å². The number of carboxylic acids is 1. The molecule has 0 fully saturated rings. The van der Waals surface area contributed by atoms with E-state index in [1.807, 2.05) is 30.3 Å². The number of phenolic OH excluding ortho intramolecular Hbond substituents is 1. The number of amides is 1. The molecule has 0 aliphatic heterocycles. The van der Waals surface area contributed by atoms with Gasteiger partial charge in [-0.1, -0.05) is 12.1 Å². The van der Waals surface area contributed by atoms with Gasteiger partial charge in [-0.3, -0.25) is 4.79 Å². The third-order valence-electron chi connectivity index (χ3n) is 4.27. The number of phenols is 1. The topological polar surface area (TPSA) is 169 Å². The maximum absolute atomic E-state index is 11.0. The Labute approximate surface area is 198 Å². The number of nitrogens with zero attached hydrogens (tertiary/aromatic N) is 2. The Kier molecular flexibility index (Phi) is 9.75. The molecule has 1 atom stereocenters. The maximum atomic E-state index is 11.0. The van der Waals surface area contributed by atoms with Crippen molar-refractivity contribution in [3.05, 3.63) is 84.4 Å². The summed E-state index contributed by atoms with van der Waals surface area (Å²) in [6.07, 6.45) is 0.190. The molecule has 3 rings (SSSR count). The number of aliphatic carboxylic acids is 1. The van der Waals surface area contributed by atoms with E-state index in [4.69, 9.17) is 18.4 Å². The minimum atomic E-state index is -4.80. The first-order valence-corrected chi connectivity index (χ1v) is 13.3. The van der Waals surface area contributed by atoms with Gasteiger partial charge in [0.05, 0.1) is 0 Å². The molecule has 1 amide bonds. The van der Waals surface area contributed by atoms with Crippen LogP contribution in [0.1, 0.15) is 12.5 Å². The van der Waals surface area contributed by atoms with Gasteiger partial charge in [-0.25, -0.2) is 4.79 Å². The molecule has 5 N–H and O–H groups in total. The number of nitrogens with one attached hydrogen (secondary N) is 1. The summed E-state index contributed by atoms with van der Waals surface area (Å²) in [5, 5.41) is 28.3. The van der Waals surface area contributed by atoms with E-state index in [1.165, 1.54) is 43.3 Å². The molecule has 3 aromatic rings. The zero-order valence-corrected chi connectivity index (χ0v) is 20.0. The van der Waals surface area contributed by atoms with E-state index in [9.17, 15) is 13.3 Å². The van der Waals surface area contributed by atoms with Gasteiger partial charge < -0.3 is 15.5 Å². The molecule has 0 aliphatic rings. The molecular formula is C23H24AsN3O7. The van der Waals surface area contributed by atoms with E-state index < -0.39 is 26.2 Å². The van der Waals surface area contributed by atoms with Gasteiger partial charge in [0.25, 0.3) is 0 Å². The Hall–Kier alpha value is -3.72. The summed E-state index contributed by atoms with van der Waals surface area (Å²) in [4.78, 5) is 21.6. The molecule has 0 spiro atoms. The van der Waals surface area contributed by atoms with Crippen LogP contribution in [0.25, 0.3) is 0 Å². The molecule has 0 unspecified atom stereocenters. The first-order valence-electron chi connectivity index (χ1n) is 9.95. The van der Waals surface area contributed by atoms with Gasteiger partial charge in [-0.15, -0.1) is 0 Å². The van der Waals surface area contributed by atoms with Crippen LogP contribution in [0.3, 0.4) is 0 Å². The molecule has 0 saturated carbocycles. The van der Waals surface area contributed by atoms with Crippen LogP contribution >= 0.6 is 0 Å². The first-order chi connectivity index (χ1) is 16.0. The number of benzene rings is 3. The fourth-order valence-corrected chi connectivity index (χ4v) is 3.76. The molecule has 178 valence electrons. The predicted octanol–water partition coefficient (Wildman–Crippen LogP) is 2.19. The Morgan fingerprint density at radius 3 is 1.88 bits per heavy atom. The molecule has 34 heavy (non-hydrogen) atoms. The Balaban J connectivity index is 0.000000242. The van der Waals surface area contributed by atoms with E-state index in [2.05, 4.69) is 15.5 Å². The average Bonchev–Trinajstić information content (AvgIpc) is 2.79. The van der Waals surface area contributed by atoms with Crippen molar-refractivity contribution in [2.75, 3.05) is 0 Å². The van der Waals surface area contributed by atoms with Crippen molar-refractivity contribution < 1.29 is 31.7 Å². The van der Waals surface area contributed by atoms with E-state index in [0.29, 0.717) is 5.69 Å². The predicted molar refractivity (Wildman–Crippen MR) is 125 cm³/mol. The van der Waals surface area contributed by atoms with Gasteiger partial charge in [0.1, 0.15) is 11.8 Å². The monoisotopic (exact) mass is 529 g/mol. The average molecular weight is 529 g/mol. The molecule has 0 bridgehead atoms. The number of rotatable bonds is 7. The summed E-state index contributed by atoms with van der Waals surface area (Å²) in [5.41, 5.74) is 2.01. The second-order valence-electron chi connectivity index (χ2n) is 7.06. The molecule has 0 saturated heterocycles. The number of carboxylic acid groups (broad SMARTS) is 1. The molecule has 0 heterocycles. The Morgan fingerprint density at radius 1 is 0.882 bits per heavy atom. The van der Waals surface area contributed by atoms with Crippen LogP contribution in [-0.2, 0) is 19.7 Å². The van der Waals surface area contributed by atoms with Gasteiger partial charge in [0, 0.05) is 13.3 Å². The number of azo groups is 1. The molecular weight excluding hydrogens is 505 g/mol. The van der Waals surface area contributed by atoms with Gasteiger partial charge in [-0.2, -0.15) is 0 Å². The molecule has 11 heteroatoms. The second-order valence-corrected chi connectivity index (χ2v) is 10.4. The van der Waals surface area contributed by atoms with Crippen LogP contribution in [0.15, 0.2) is 89.1 Å². The standard InChI is InChI=1S/C12H11AsN2O3.C11H13NO4/c16-13(17,18)10-6-8-12(9-7-10)15-14-11-4-2-1-3-5-11;1-7(13)12-10(11(15)16)6-8-2-4-9(14)5-3-8/h1-9H,(H2,16,17,18);2-5,10,14H,6H2,1H3,(H,12,13)(H,15,16)/t;10-/m.0/s1. The van der Waals surface area contributed by atoms with E-state index in [1.54, 1.807) is 12.1 Å². The number of carbonyl (C=O) groups is 2. The van der Waals surface area contributed by atoms with Gasteiger partial charge in [0.15, 0.2) is 0 Å². The van der Waals surface area contributed by atoms with Crippen LogP contribution in [0.5, 0.6) is 5.75 Å². The van der Waals surface area contributed by atoms with E-state index >= 15 is 0 Å². The van der Waals surface area contributed by atoms with Gasteiger partial charge in [-0.05, 0) is 17.7 Å². The molecule has 0 radical (unpaired) electrons. The van der Waals surface area contributed by atoms with Crippen molar-refractivity contribution in [3.8, 4) is 5.75 Å². The van der Waals surface area contributed by atoms with Crippen molar-refractivity contribution in [3.63, 3.8) is 0 Å². The molecule has 0 aliphatic carbocycles. The summed E-state index contributed by atoms with van der Waals surface area (Å²) in [6, 6.07) is 20.3. The van der Waals surface area contributed by atoms with Crippen LogP contribution < -0.4 is 9.67 Å². The van der Waals surface area contributed by atoms with E-state index in [-0.39, 0.29) is 22.4 Å². The number of carbonyl (C=O) groups excluding carboxylic acids is 1. The zero-order valence-electron chi connectivity index (χ0n) is 18.1. The quantitative estimate of drug-likeness (QED) is 0.231. The summed E-state index contributed by atoms with van der Waals surface area (Å²) >= 11 is -4.80. The van der Waals surface area contributed by atoms with Crippen LogP contribution in [0.4, 0.5) is 11.4 Å². The van der Waals surface area contributed by atoms with Crippen LogP contribution in [0.2, 0.25) is 0 Å². The van der Waals surface area contributed by atoms with Crippen molar-refractivity contribution in [1.29, 1.82) is 0 Å². The molecule has 10 nitrogen and oxygen atoms in total. The third kappa shape index (κ3) is 9.41. The number of hydrogen-bond acceptors (Lipinski definition) is 6. The van der Waals surface area contributed by atoms with Crippen molar-refractivity contribution in [2.45, 2.75) is 19.4 Å². The second kappa shape index (κ2) is 12.5. The van der Waals surface area contributed by atoms with Gasteiger partial charge >= 0.3 is 113 Å². The third-order valence-corrected chi connectivity index (χ3v) is 6.31. The van der Waals surface area contributed by atoms with Crippen LogP contribution in [0, 0.1) is 0 Å². The summed E-state index contributed by atoms with van der Waals surface area (Å²) in [6.45, 7) is 1.27. The van der Waals surface area contributed by atoms with E-state index in [0.717, 1.165) is 11.3 Å². The Bertz CT molecular complexity index is 1160. The van der Waals surface area contributed by atoms with Gasteiger partial charge in [0.2, 0.25) is 5.91 Å². The normalized spacial score (nSPS) is 11.9.